The predicted molar refractivity (Wildman–Crippen MR) is 75.0 cm³/mol. The topological polar surface area (TPSA) is 12.5 Å². The van der Waals surface area contributed by atoms with Crippen molar-refractivity contribution in [2.45, 2.75) is 72.4 Å². The van der Waals surface area contributed by atoms with Gasteiger partial charge in [-0.2, -0.15) is 0 Å². The molecule has 2 rings (SSSR count). The van der Waals surface area contributed by atoms with E-state index in [9.17, 15) is 0 Å². The molecule has 0 aromatic carbocycles. The van der Waals surface area contributed by atoms with E-state index in [1.54, 1.807) is 0 Å². The van der Waals surface area contributed by atoms with Gasteiger partial charge in [0.1, 0.15) is 8.30 Å². The first-order valence-corrected chi connectivity index (χ1v) is 8.53. The third-order valence-corrected chi connectivity index (χ3v) is 4.85. The Hall–Kier alpha value is 0.350. The van der Waals surface area contributed by atoms with Gasteiger partial charge in [0.25, 0.3) is 0 Å². The van der Waals surface area contributed by atoms with E-state index in [0.29, 0.717) is 6.10 Å². The fourth-order valence-electron chi connectivity index (χ4n) is 1.98. The Balaban J connectivity index is 0.000000323. The third kappa shape index (κ3) is 4.69. The average molecular weight is 247 g/mol. The molecule has 98 valence electrons. The molecule has 2 unspecified atom stereocenters. The summed E-state index contributed by atoms with van der Waals surface area (Å²) in [4.78, 5) is 0. The minimum atomic E-state index is -0.211. The van der Waals surface area contributed by atoms with E-state index in [-0.39, 0.29) is 8.30 Å². The van der Waals surface area contributed by atoms with Gasteiger partial charge in [0.2, 0.25) is 0 Å². The number of fused-ring (bicyclic) bond motifs is 1. The molecule has 0 aliphatic carbocycles. The minimum Gasteiger partial charge on any atom is -0.339 e. The Morgan fingerprint density at radius 1 is 1.25 bits per heavy atom. The number of unbranched alkanes of at least 4 members (excludes halogenated alkanes) is 1. The van der Waals surface area contributed by atoms with Crippen molar-refractivity contribution in [2.75, 3.05) is 13.2 Å². The van der Waals surface area contributed by atoms with Gasteiger partial charge in [-0.15, -0.1) is 0 Å². The van der Waals surface area contributed by atoms with E-state index >= 15 is 0 Å². The van der Waals surface area contributed by atoms with Crippen LogP contribution in [0.3, 0.4) is 0 Å². The summed E-state index contributed by atoms with van der Waals surface area (Å²) >= 11 is 0. The molecule has 0 aromatic heterocycles. The van der Waals surface area contributed by atoms with Gasteiger partial charge in [-0.05, 0) is 26.4 Å². The van der Waals surface area contributed by atoms with E-state index in [2.05, 4.69) is 32.1 Å². The number of nitrogens with zero attached hydrogens (tertiary/aromatic N) is 1. The lowest BCUT2D eigenvalue weighted by molar-refractivity contribution is 0.232. The zero-order valence-corrected chi connectivity index (χ0v) is 12.9. The van der Waals surface area contributed by atoms with Gasteiger partial charge < -0.3 is 4.52 Å². The molecule has 0 radical (unpaired) electrons. The molecule has 0 bridgehead atoms. The van der Waals surface area contributed by atoms with Gasteiger partial charge in [0, 0.05) is 12.6 Å². The van der Waals surface area contributed by atoms with Gasteiger partial charge in [0.05, 0.1) is 6.10 Å². The molecular weight excluding hydrogens is 217 g/mol. The maximum atomic E-state index is 5.72. The van der Waals surface area contributed by atoms with Crippen LogP contribution in [-0.2, 0) is 4.52 Å². The number of hydrogen-bond donors (Lipinski definition) is 0. The largest absolute Gasteiger partial charge is 0.339 e. The summed E-state index contributed by atoms with van der Waals surface area (Å²) in [6.07, 6.45) is 5.87. The van der Waals surface area contributed by atoms with E-state index < -0.39 is 0 Å². The molecule has 0 N–H and O–H groups in total. The normalized spacial score (nSPS) is 32.2. The second-order valence-electron chi connectivity index (χ2n) is 4.15. The molecular formula is C13H30NOP. The van der Waals surface area contributed by atoms with Crippen LogP contribution in [0.25, 0.3) is 0 Å². The van der Waals surface area contributed by atoms with Crippen molar-refractivity contribution in [1.29, 1.82) is 0 Å². The van der Waals surface area contributed by atoms with Crippen LogP contribution in [0, 0.1) is 0 Å². The molecule has 2 aliphatic rings. The van der Waals surface area contributed by atoms with Gasteiger partial charge >= 0.3 is 0 Å². The van der Waals surface area contributed by atoms with Crippen molar-refractivity contribution >= 4 is 8.30 Å². The highest BCUT2D eigenvalue weighted by Gasteiger charge is 2.40. The molecule has 2 fully saturated rings. The molecule has 2 nitrogen and oxygen atoms in total. The first kappa shape index (κ1) is 16.4. The molecule has 0 amide bonds. The van der Waals surface area contributed by atoms with Crippen molar-refractivity contribution < 1.29 is 4.52 Å². The molecule has 2 saturated heterocycles. The molecule has 0 saturated carbocycles. The minimum absolute atomic E-state index is 0.211. The van der Waals surface area contributed by atoms with E-state index in [1.165, 1.54) is 32.2 Å². The van der Waals surface area contributed by atoms with Crippen molar-refractivity contribution in [3.63, 3.8) is 0 Å². The summed E-state index contributed by atoms with van der Waals surface area (Å²) in [5, 5.41) is 0. The smallest absolute Gasteiger partial charge is 0.101 e. The first-order chi connectivity index (χ1) is 7.70. The number of rotatable bonds is 1. The average Bonchev–Trinajstić information content (AvgIpc) is 2.89. The zero-order chi connectivity index (χ0) is 12.6. The molecule has 2 aliphatic heterocycles. The Morgan fingerprint density at radius 2 is 1.81 bits per heavy atom. The summed E-state index contributed by atoms with van der Waals surface area (Å²) in [5.74, 6) is 0. The van der Waals surface area contributed by atoms with Crippen molar-refractivity contribution in [2.24, 2.45) is 0 Å². The van der Waals surface area contributed by atoms with Crippen LogP contribution in [0.2, 0.25) is 0 Å². The van der Waals surface area contributed by atoms with Crippen LogP contribution < -0.4 is 0 Å². The lowest BCUT2D eigenvalue weighted by atomic mass is 10.1. The molecule has 3 heteroatoms. The summed E-state index contributed by atoms with van der Waals surface area (Å²) in [7, 11) is -0.211. The number of hydrogen-bond acceptors (Lipinski definition) is 2. The maximum Gasteiger partial charge on any atom is 0.101 e. The standard InChI is InChI=1S/C7H14NOP.C4H10.C2H6/c1-6-7-4-3-5-8(7)10(2)9-6;1-3-4-2;1-2/h6-7H,3-5H2,1-2H3;3-4H2,1-2H3;1-2H3/t6-,7?,10?;;/m0../s1. The van der Waals surface area contributed by atoms with E-state index in [0.717, 1.165) is 6.04 Å². The van der Waals surface area contributed by atoms with Crippen LogP contribution >= 0.6 is 8.30 Å². The summed E-state index contributed by atoms with van der Waals surface area (Å²) in [6, 6.07) is 0.760. The maximum absolute atomic E-state index is 5.72. The Morgan fingerprint density at radius 3 is 2.25 bits per heavy atom. The van der Waals surface area contributed by atoms with Gasteiger partial charge in [0.15, 0.2) is 0 Å². The van der Waals surface area contributed by atoms with Crippen molar-refractivity contribution in [3.8, 4) is 0 Å². The van der Waals surface area contributed by atoms with Crippen LogP contribution in [0.1, 0.15) is 60.3 Å². The Bertz CT molecular complexity index is 150. The van der Waals surface area contributed by atoms with Crippen LogP contribution in [0.4, 0.5) is 0 Å². The van der Waals surface area contributed by atoms with Crippen LogP contribution in [-0.4, -0.2) is 30.0 Å². The molecule has 0 spiro atoms. The Labute approximate surface area is 104 Å². The predicted octanol–water partition coefficient (Wildman–Crippen LogP) is 4.64. The second-order valence-corrected chi connectivity index (χ2v) is 5.80. The second kappa shape index (κ2) is 9.39. The molecule has 0 aromatic rings. The third-order valence-electron chi connectivity index (χ3n) is 2.99. The molecule has 3 atom stereocenters. The highest BCUT2D eigenvalue weighted by atomic mass is 31.2. The van der Waals surface area contributed by atoms with Gasteiger partial charge in [-0.3, -0.25) is 4.67 Å². The lowest BCUT2D eigenvalue weighted by Gasteiger charge is -2.16. The van der Waals surface area contributed by atoms with Crippen molar-refractivity contribution in [1.82, 2.24) is 4.67 Å². The molecule has 2 heterocycles. The fourth-order valence-corrected chi connectivity index (χ4v) is 3.86. The SMILES string of the molecule is CC.CCCC.C[C@@H]1OP(C)N2CCCC12. The lowest BCUT2D eigenvalue weighted by Crippen LogP contribution is -2.25. The highest BCUT2D eigenvalue weighted by Crippen LogP contribution is 2.51. The monoisotopic (exact) mass is 247 g/mol. The highest BCUT2D eigenvalue weighted by molar-refractivity contribution is 7.49. The van der Waals surface area contributed by atoms with E-state index in [4.69, 9.17) is 4.52 Å². The summed E-state index contributed by atoms with van der Waals surface area (Å²) in [5.41, 5.74) is 0. The van der Waals surface area contributed by atoms with Gasteiger partial charge in [-0.25, -0.2) is 0 Å². The van der Waals surface area contributed by atoms with Crippen molar-refractivity contribution in [3.05, 3.63) is 0 Å². The van der Waals surface area contributed by atoms with Crippen LogP contribution in [0.15, 0.2) is 0 Å². The summed E-state index contributed by atoms with van der Waals surface area (Å²) in [6.45, 7) is 14.1. The zero-order valence-electron chi connectivity index (χ0n) is 12.0. The quantitative estimate of drug-likeness (QED) is 0.626. The van der Waals surface area contributed by atoms with Gasteiger partial charge in [-0.1, -0.05) is 40.5 Å². The summed E-state index contributed by atoms with van der Waals surface area (Å²) < 4.78 is 8.26. The first-order valence-electron chi connectivity index (χ1n) is 6.87. The van der Waals surface area contributed by atoms with E-state index in [1.807, 2.05) is 13.8 Å². The van der Waals surface area contributed by atoms with Crippen LogP contribution in [0.5, 0.6) is 0 Å². The molecule has 16 heavy (non-hydrogen) atoms. The fraction of sp³-hybridized carbons (Fsp3) is 1.00. The Kier molecular flexibility index (Phi) is 9.59.